The van der Waals surface area contributed by atoms with E-state index in [1.54, 1.807) is 20.8 Å². The number of ether oxygens (including phenoxy) is 5. The molecular weight excluding hydrogens is 490 g/mol. The normalized spacial score (nSPS) is 12.6. The maximum absolute atomic E-state index is 11.8. The first-order valence-electron chi connectivity index (χ1n) is 12.0. The number of esters is 1. The summed E-state index contributed by atoms with van der Waals surface area (Å²) in [6, 6.07) is -0.400. The minimum atomic E-state index is -0.993. The van der Waals surface area contributed by atoms with Crippen LogP contribution in [0.3, 0.4) is 0 Å². The Bertz CT molecular complexity index is 807. The Kier molecular flexibility index (Phi) is 19.9. The summed E-state index contributed by atoms with van der Waals surface area (Å²) in [4.78, 5) is 62.6. The first-order chi connectivity index (χ1) is 17.7. The third-order valence-electron chi connectivity index (χ3n) is 4.49. The average molecular weight is 528 g/mol. The number of carbonyl (C=O) groups is 3. The first kappa shape index (κ1) is 33.6. The highest BCUT2D eigenvalue weighted by atomic mass is 16.6. The molecule has 1 N–H and O–H groups in total. The van der Waals surface area contributed by atoms with E-state index in [1.165, 1.54) is 12.2 Å². The van der Waals surface area contributed by atoms with Crippen molar-refractivity contribution >= 4 is 30.3 Å². The number of unbranched alkanes of at least 4 members (excludes halogenated alkanes) is 1. The lowest BCUT2D eigenvalue weighted by atomic mass is 10.1. The zero-order valence-electron chi connectivity index (χ0n) is 21.7. The quantitative estimate of drug-likeness (QED) is 0.0620. The number of nitrogens with zero attached hydrogens (tertiary/aromatic N) is 2. The number of aliphatic imine (C=N–C) groups is 2. The fraction of sp³-hybridized carbons (Fsp3) is 0.708. The summed E-state index contributed by atoms with van der Waals surface area (Å²) < 4.78 is 25.8. The van der Waals surface area contributed by atoms with E-state index < -0.39 is 36.4 Å². The molecule has 0 aliphatic heterocycles. The fourth-order valence-corrected chi connectivity index (χ4v) is 2.70. The Labute approximate surface area is 216 Å². The second-order valence-electron chi connectivity index (χ2n) is 8.11. The molecule has 0 heterocycles. The van der Waals surface area contributed by atoms with Gasteiger partial charge < -0.3 is 23.7 Å². The lowest BCUT2D eigenvalue weighted by Gasteiger charge is -2.15. The summed E-state index contributed by atoms with van der Waals surface area (Å²) in [5.41, 5.74) is 0.323. The van der Waals surface area contributed by atoms with Crippen LogP contribution in [0.15, 0.2) is 22.1 Å². The summed E-state index contributed by atoms with van der Waals surface area (Å²) in [6.45, 7) is 9.77. The molecule has 0 aromatic carbocycles. The number of alkyl carbamates (subject to hydrolysis) is 2. The summed E-state index contributed by atoms with van der Waals surface area (Å²) in [5, 5.41) is 1.94. The van der Waals surface area contributed by atoms with Gasteiger partial charge in [-0.1, -0.05) is 6.58 Å². The molecule has 0 fully saturated rings. The van der Waals surface area contributed by atoms with Crippen molar-refractivity contribution < 1.29 is 47.7 Å². The molecule has 13 heteroatoms. The number of nitrogens with one attached hydrogen (secondary N) is 1. The number of carbonyl (C=O) groups excluding carboxylic acids is 5. The Hall–Kier alpha value is -3.37. The van der Waals surface area contributed by atoms with Crippen LogP contribution in [0.25, 0.3) is 0 Å². The van der Waals surface area contributed by atoms with Crippen LogP contribution in [-0.4, -0.2) is 88.1 Å². The van der Waals surface area contributed by atoms with Crippen LogP contribution in [0.4, 0.5) is 9.59 Å². The van der Waals surface area contributed by atoms with Gasteiger partial charge in [-0.15, -0.1) is 0 Å². The highest BCUT2D eigenvalue weighted by Gasteiger charge is 2.15. The number of rotatable bonds is 20. The van der Waals surface area contributed by atoms with Gasteiger partial charge in [0, 0.05) is 25.2 Å². The molecule has 0 bridgehead atoms. The largest absolute Gasteiger partial charge is 0.457 e. The number of isocyanates is 2. The standard InChI is InChI=1S/C24H37N3O10/c1-18(2)22(30)36-19(3)14-33-11-7-12-34-15-20(4)37-24(32)27-23(31)35-13-9-21(26-17-29)8-5-6-10-25-16-28/h19-21H,1,5-15H2,2-4H3,(H,27,31,32). The Balaban J connectivity index is 3.91. The SMILES string of the molecule is C=C(C)C(=O)OC(C)COCCCOCC(C)OC(=O)NC(=O)OCCC(CCCCN=C=O)N=C=O. The highest BCUT2D eigenvalue weighted by molar-refractivity contribution is 5.87. The fourth-order valence-electron chi connectivity index (χ4n) is 2.70. The Morgan fingerprint density at radius 3 is 2.11 bits per heavy atom. The monoisotopic (exact) mass is 527 g/mol. The molecule has 208 valence electrons. The molecule has 0 radical (unpaired) electrons. The molecule has 0 spiro atoms. The number of hydrogen-bond donors (Lipinski definition) is 1. The van der Waals surface area contributed by atoms with Gasteiger partial charge in [0.1, 0.15) is 12.2 Å². The maximum Gasteiger partial charge on any atom is 0.416 e. The summed E-state index contributed by atoms with van der Waals surface area (Å²) in [5.74, 6) is -0.463. The second kappa shape index (κ2) is 21.9. The van der Waals surface area contributed by atoms with Crippen LogP contribution in [0.5, 0.6) is 0 Å². The van der Waals surface area contributed by atoms with E-state index >= 15 is 0 Å². The summed E-state index contributed by atoms with van der Waals surface area (Å²) >= 11 is 0. The van der Waals surface area contributed by atoms with Crippen LogP contribution in [0.2, 0.25) is 0 Å². The smallest absolute Gasteiger partial charge is 0.416 e. The van der Waals surface area contributed by atoms with Crippen molar-refractivity contribution in [1.82, 2.24) is 5.32 Å². The van der Waals surface area contributed by atoms with Gasteiger partial charge in [-0.05, 0) is 46.5 Å². The van der Waals surface area contributed by atoms with Gasteiger partial charge in [-0.25, -0.2) is 39.3 Å². The molecule has 0 saturated carbocycles. The lowest BCUT2D eigenvalue weighted by Crippen LogP contribution is -2.35. The molecule has 0 aromatic rings. The molecule has 0 aromatic heterocycles. The van der Waals surface area contributed by atoms with Crippen LogP contribution in [-0.2, 0) is 38.1 Å². The predicted molar refractivity (Wildman–Crippen MR) is 130 cm³/mol. The van der Waals surface area contributed by atoms with E-state index in [2.05, 4.69) is 16.6 Å². The number of amides is 2. The van der Waals surface area contributed by atoms with Crippen LogP contribution in [0.1, 0.15) is 52.9 Å². The van der Waals surface area contributed by atoms with Crippen molar-refractivity contribution in [3.8, 4) is 0 Å². The van der Waals surface area contributed by atoms with E-state index in [0.29, 0.717) is 51.0 Å². The van der Waals surface area contributed by atoms with Crippen molar-refractivity contribution in [3.05, 3.63) is 12.2 Å². The van der Waals surface area contributed by atoms with Crippen molar-refractivity contribution in [1.29, 1.82) is 0 Å². The third kappa shape index (κ3) is 20.5. The van der Waals surface area contributed by atoms with Crippen LogP contribution < -0.4 is 5.32 Å². The van der Waals surface area contributed by atoms with E-state index in [4.69, 9.17) is 23.7 Å². The van der Waals surface area contributed by atoms with E-state index in [-0.39, 0.29) is 26.2 Å². The van der Waals surface area contributed by atoms with Crippen molar-refractivity contribution in [2.75, 3.05) is 39.6 Å². The predicted octanol–water partition coefficient (Wildman–Crippen LogP) is 2.77. The minimum Gasteiger partial charge on any atom is -0.457 e. The van der Waals surface area contributed by atoms with Gasteiger partial charge in [-0.3, -0.25) is 0 Å². The van der Waals surface area contributed by atoms with Gasteiger partial charge in [0.2, 0.25) is 12.2 Å². The van der Waals surface area contributed by atoms with Gasteiger partial charge in [0.05, 0.1) is 32.4 Å². The van der Waals surface area contributed by atoms with E-state index in [1.807, 2.05) is 5.32 Å². The highest BCUT2D eigenvalue weighted by Crippen LogP contribution is 2.09. The second-order valence-corrected chi connectivity index (χ2v) is 8.11. The van der Waals surface area contributed by atoms with Crippen LogP contribution >= 0.6 is 0 Å². The molecule has 0 saturated heterocycles. The summed E-state index contributed by atoms with van der Waals surface area (Å²) in [6.07, 6.45) is 2.61. The lowest BCUT2D eigenvalue weighted by molar-refractivity contribution is -0.146. The van der Waals surface area contributed by atoms with E-state index in [9.17, 15) is 24.0 Å². The van der Waals surface area contributed by atoms with Gasteiger partial charge >= 0.3 is 18.2 Å². The number of hydrogen-bond acceptors (Lipinski definition) is 12. The average Bonchev–Trinajstić information content (AvgIpc) is 2.82. The van der Waals surface area contributed by atoms with Crippen molar-refractivity contribution in [3.63, 3.8) is 0 Å². The minimum absolute atomic E-state index is 0.0721. The molecule has 2 amide bonds. The third-order valence-corrected chi connectivity index (χ3v) is 4.49. The van der Waals surface area contributed by atoms with E-state index in [0.717, 1.165) is 0 Å². The molecule has 3 atom stereocenters. The molecule has 0 aliphatic carbocycles. The topological polar surface area (TPSA) is 168 Å². The van der Waals surface area contributed by atoms with Gasteiger partial charge in [0.25, 0.3) is 0 Å². The molecule has 0 rings (SSSR count). The Morgan fingerprint density at radius 2 is 1.51 bits per heavy atom. The van der Waals surface area contributed by atoms with Crippen molar-refractivity contribution in [2.24, 2.45) is 9.98 Å². The molecule has 0 aliphatic rings. The van der Waals surface area contributed by atoms with Gasteiger partial charge in [-0.2, -0.15) is 0 Å². The zero-order chi connectivity index (χ0) is 27.9. The van der Waals surface area contributed by atoms with Gasteiger partial charge in [0.15, 0.2) is 0 Å². The molecule has 3 unspecified atom stereocenters. The maximum atomic E-state index is 11.8. The molecular formula is C24H37N3O10. The number of imide groups is 1. The zero-order valence-corrected chi connectivity index (χ0v) is 21.7. The van der Waals surface area contributed by atoms with Crippen LogP contribution in [0, 0.1) is 0 Å². The van der Waals surface area contributed by atoms with Crippen molar-refractivity contribution in [2.45, 2.75) is 71.1 Å². The molecule has 13 nitrogen and oxygen atoms in total. The Morgan fingerprint density at radius 1 is 0.865 bits per heavy atom. The summed E-state index contributed by atoms with van der Waals surface area (Å²) in [7, 11) is 0. The first-order valence-corrected chi connectivity index (χ1v) is 12.0. The molecule has 37 heavy (non-hydrogen) atoms.